The molecule has 1 saturated heterocycles. The first-order valence-electron chi connectivity index (χ1n) is 8.41. The van der Waals surface area contributed by atoms with Crippen molar-refractivity contribution < 1.29 is 13.7 Å². The van der Waals surface area contributed by atoms with E-state index < -0.39 is 5.91 Å². The van der Waals surface area contributed by atoms with Crippen molar-refractivity contribution in [3.8, 4) is 0 Å². The molecule has 2 aromatic heterocycles. The van der Waals surface area contributed by atoms with Crippen LogP contribution in [0.15, 0.2) is 39.3 Å². The van der Waals surface area contributed by atoms with Crippen molar-refractivity contribution in [1.29, 1.82) is 0 Å². The largest absolute Gasteiger partial charge is 0.424 e. The summed E-state index contributed by atoms with van der Waals surface area (Å²) < 4.78 is 11.0. The third-order valence-electron chi connectivity index (χ3n) is 4.36. The highest BCUT2D eigenvalue weighted by molar-refractivity contribution is 5.88. The van der Waals surface area contributed by atoms with Gasteiger partial charge in [-0.1, -0.05) is 35.5 Å². The van der Waals surface area contributed by atoms with Crippen molar-refractivity contribution in [2.75, 3.05) is 6.54 Å². The first kappa shape index (κ1) is 16.4. The fraction of sp³-hybridized carbons (Fsp3) is 0.353. The predicted molar refractivity (Wildman–Crippen MR) is 88.7 cm³/mol. The lowest BCUT2D eigenvalue weighted by Gasteiger charge is -2.19. The Morgan fingerprint density at radius 3 is 2.81 bits per heavy atom. The number of rotatable bonds is 6. The summed E-state index contributed by atoms with van der Waals surface area (Å²) in [5, 5.41) is 11.9. The minimum Gasteiger partial charge on any atom is -0.424 e. The lowest BCUT2D eigenvalue weighted by atomic mass is 10.2. The van der Waals surface area contributed by atoms with Crippen molar-refractivity contribution in [3.63, 3.8) is 0 Å². The summed E-state index contributed by atoms with van der Waals surface area (Å²) in [6.45, 7) is 1.33. The number of carbonyl (C=O) groups excluding carboxylic acids is 1. The highest BCUT2D eigenvalue weighted by Crippen LogP contribution is 2.32. The molecule has 0 radical (unpaired) electrons. The Bertz CT molecular complexity index is 891. The molecule has 26 heavy (non-hydrogen) atoms. The van der Waals surface area contributed by atoms with Crippen LogP contribution in [0.5, 0.6) is 0 Å². The number of primary amides is 1. The summed E-state index contributed by atoms with van der Waals surface area (Å²) in [4.78, 5) is 17.4. The number of amides is 1. The molecular weight excluding hydrogens is 336 g/mol. The van der Waals surface area contributed by atoms with E-state index in [1.165, 1.54) is 0 Å². The molecule has 1 aliphatic rings. The zero-order chi connectivity index (χ0) is 17.9. The average molecular weight is 354 g/mol. The maximum atomic E-state index is 11.1. The van der Waals surface area contributed by atoms with Crippen LogP contribution in [0.1, 0.15) is 52.7 Å². The smallest absolute Gasteiger partial charge is 0.290 e. The maximum absolute atomic E-state index is 11.1. The quantitative estimate of drug-likeness (QED) is 0.706. The first-order valence-corrected chi connectivity index (χ1v) is 8.41. The van der Waals surface area contributed by atoms with Crippen molar-refractivity contribution in [1.82, 2.24) is 25.2 Å². The van der Waals surface area contributed by atoms with Gasteiger partial charge in [0.25, 0.3) is 11.7 Å². The second-order valence-electron chi connectivity index (χ2n) is 6.20. The van der Waals surface area contributed by atoms with Crippen LogP contribution in [0.4, 0.5) is 0 Å². The molecule has 1 atom stereocenters. The first-order chi connectivity index (χ1) is 12.7. The van der Waals surface area contributed by atoms with Crippen LogP contribution < -0.4 is 5.73 Å². The van der Waals surface area contributed by atoms with Crippen molar-refractivity contribution in [2.24, 2.45) is 5.73 Å². The highest BCUT2D eigenvalue weighted by atomic mass is 16.5. The van der Waals surface area contributed by atoms with Gasteiger partial charge < -0.3 is 14.7 Å². The molecule has 9 heteroatoms. The van der Waals surface area contributed by atoms with Gasteiger partial charge in [-0.05, 0) is 24.9 Å². The molecule has 2 N–H and O–H groups in total. The Labute approximate surface area is 149 Å². The lowest BCUT2D eigenvalue weighted by molar-refractivity contribution is 0.0987. The Morgan fingerprint density at radius 1 is 1.23 bits per heavy atom. The number of hydrogen-bond donors (Lipinski definition) is 1. The van der Waals surface area contributed by atoms with E-state index in [2.05, 4.69) is 25.2 Å². The fourth-order valence-corrected chi connectivity index (χ4v) is 3.13. The molecule has 1 fully saturated rings. The molecule has 0 aliphatic carbocycles. The number of aromatic nitrogens is 4. The van der Waals surface area contributed by atoms with Gasteiger partial charge in [-0.2, -0.15) is 4.98 Å². The van der Waals surface area contributed by atoms with E-state index >= 15 is 0 Å². The van der Waals surface area contributed by atoms with Crippen LogP contribution >= 0.6 is 0 Å². The number of nitrogens with two attached hydrogens (primary N) is 1. The minimum absolute atomic E-state index is 0.0833. The number of likely N-dealkylation sites (tertiary alicyclic amines) is 1. The highest BCUT2D eigenvalue weighted by Gasteiger charge is 2.32. The van der Waals surface area contributed by atoms with E-state index in [1.807, 2.05) is 30.3 Å². The Morgan fingerprint density at radius 2 is 2.04 bits per heavy atom. The summed E-state index contributed by atoms with van der Waals surface area (Å²) in [5.74, 6) is 0.704. The van der Waals surface area contributed by atoms with E-state index in [4.69, 9.17) is 14.7 Å². The summed E-state index contributed by atoms with van der Waals surface area (Å²) in [7, 11) is 0. The molecule has 1 amide bonds. The monoisotopic (exact) mass is 354 g/mol. The molecule has 9 nitrogen and oxygen atoms in total. The van der Waals surface area contributed by atoms with Gasteiger partial charge in [0.15, 0.2) is 0 Å². The number of nitrogens with zero attached hydrogens (tertiary/aromatic N) is 5. The summed E-state index contributed by atoms with van der Waals surface area (Å²) in [5.41, 5.74) is 6.30. The van der Waals surface area contributed by atoms with Crippen molar-refractivity contribution >= 4 is 5.91 Å². The van der Waals surface area contributed by atoms with Gasteiger partial charge in [0.2, 0.25) is 17.7 Å². The second-order valence-corrected chi connectivity index (χ2v) is 6.20. The number of carbonyl (C=O) groups is 1. The summed E-state index contributed by atoms with van der Waals surface area (Å²) in [6.07, 6.45) is 2.43. The van der Waals surface area contributed by atoms with E-state index in [0.29, 0.717) is 30.6 Å². The van der Waals surface area contributed by atoms with Crippen LogP contribution in [0.25, 0.3) is 0 Å². The van der Waals surface area contributed by atoms with Gasteiger partial charge in [0, 0.05) is 0 Å². The molecule has 3 heterocycles. The third-order valence-corrected chi connectivity index (χ3v) is 4.36. The van der Waals surface area contributed by atoms with Gasteiger partial charge in [-0.3, -0.25) is 9.69 Å². The van der Waals surface area contributed by atoms with Crippen LogP contribution in [-0.4, -0.2) is 37.7 Å². The molecule has 0 saturated carbocycles. The van der Waals surface area contributed by atoms with Crippen LogP contribution in [-0.2, 0) is 13.0 Å². The van der Waals surface area contributed by atoms with Crippen LogP contribution in [0.3, 0.4) is 0 Å². The Hall–Kier alpha value is -3.07. The van der Waals surface area contributed by atoms with E-state index in [1.54, 1.807) is 0 Å². The van der Waals surface area contributed by atoms with Crippen LogP contribution in [0.2, 0.25) is 0 Å². The predicted octanol–water partition coefficient (Wildman–Crippen LogP) is 1.48. The zero-order valence-corrected chi connectivity index (χ0v) is 14.0. The zero-order valence-electron chi connectivity index (χ0n) is 14.0. The fourth-order valence-electron chi connectivity index (χ4n) is 3.13. The van der Waals surface area contributed by atoms with Crippen LogP contribution in [0, 0.1) is 0 Å². The van der Waals surface area contributed by atoms with Crippen molar-refractivity contribution in [3.05, 3.63) is 59.4 Å². The molecule has 0 spiro atoms. The number of hydrogen-bond acceptors (Lipinski definition) is 8. The molecular formula is C17H18N6O3. The van der Waals surface area contributed by atoms with Gasteiger partial charge in [0.1, 0.15) is 0 Å². The van der Waals surface area contributed by atoms with E-state index in [-0.39, 0.29) is 11.9 Å². The molecule has 0 bridgehead atoms. The summed E-state index contributed by atoms with van der Waals surface area (Å²) in [6, 6.07) is 9.88. The van der Waals surface area contributed by atoms with Gasteiger partial charge in [-0.25, -0.2) is 0 Å². The topological polar surface area (TPSA) is 124 Å². The molecule has 4 rings (SSSR count). The molecule has 134 valence electrons. The normalized spacial score (nSPS) is 17.6. The second kappa shape index (κ2) is 7.04. The number of benzene rings is 1. The Kier molecular flexibility index (Phi) is 4.44. The SMILES string of the molecule is NC(=O)c1noc(C2CCCN2Cc2nnc(Cc3ccccc3)o2)n1. The van der Waals surface area contributed by atoms with E-state index in [0.717, 1.165) is 24.9 Å². The molecule has 3 aromatic rings. The molecule has 1 unspecified atom stereocenters. The average Bonchev–Trinajstić information content (AvgIpc) is 3.37. The third kappa shape index (κ3) is 3.47. The van der Waals surface area contributed by atoms with Gasteiger partial charge in [-0.15, -0.1) is 10.2 Å². The van der Waals surface area contributed by atoms with Gasteiger partial charge in [0.05, 0.1) is 19.0 Å². The summed E-state index contributed by atoms with van der Waals surface area (Å²) >= 11 is 0. The minimum atomic E-state index is -0.702. The lowest BCUT2D eigenvalue weighted by Crippen LogP contribution is -2.23. The Balaban J connectivity index is 1.43. The van der Waals surface area contributed by atoms with Gasteiger partial charge >= 0.3 is 0 Å². The standard InChI is InChI=1S/C17H18N6O3/c18-15(24)16-19-17(26-22-16)12-7-4-8-23(12)10-14-21-20-13(25-14)9-11-5-2-1-3-6-11/h1-3,5-6,12H,4,7-10H2,(H2,18,24). The maximum Gasteiger partial charge on any atom is 0.290 e. The van der Waals surface area contributed by atoms with Crippen molar-refractivity contribution in [2.45, 2.75) is 31.8 Å². The molecule has 1 aliphatic heterocycles. The van der Waals surface area contributed by atoms with E-state index in [9.17, 15) is 4.79 Å². The molecule has 1 aromatic carbocycles.